The lowest BCUT2D eigenvalue weighted by Crippen LogP contribution is -2.14. The quantitative estimate of drug-likeness (QED) is 0.605. The molecule has 0 aliphatic rings. The molecule has 25 heavy (non-hydrogen) atoms. The average molecular weight is 380 g/mol. The highest BCUT2D eigenvalue weighted by atomic mass is 35.5. The molecule has 8 heteroatoms. The minimum Gasteiger partial charge on any atom is -0.490 e. The fourth-order valence-electron chi connectivity index (χ4n) is 2.18. The zero-order valence-corrected chi connectivity index (χ0v) is 15.9. The highest BCUT2D eigenvalue weighted by Crippen LogP contribution is 2.40. The molecule has 0 spiro atoms. The van der Waals surface area contributed by atoms with E-state index in [2.05, 4.69) is 9.97 Å². The third-order valence-corrected chi connectivity index (χ3v) is 4.00. The highest BCUT2D eigenvalue weighted by molar-refractivity contribution is 7.98. The van der Waals surface area contributed by atoms with Gasteiger partial charge in [-0.2, -0.15) is 5.26 Å². The molecule has 0 unspecified atom stereocenters. The summed E-state index contributed by atoms with van der Waals surface area (Å²) in [5.74, 6) is 0.867. The number of hydrogen-bond donors (Lipinski definition) is 1. The molecule has 0 bridgehead atoms. The monoisotopic (exact) mass is 379 g/mol. The molecule has 0 amide bonds. The smallest absolute Gasteiger partial charge is 0.270 e. The number of benzene rings is 1. The van der Waals surface area contributed by atoms with Gasteiger partial charge >= 0.3 is 0 Å². The Balaban J connectivity index is 2.70. The van der Waals surface area contributed by atoms with E-state index in [1.54, 1.807) is 18.4 Å². The highest BCUT2D eigenvalue weighted by Gasteiger charge is 2.19. The van der Waals surface area contributed by atoms with Crippen LogP contribution in [-0.2, 0) is 0 Å². The molecule has 6 nitrogen and oxygen atoms in total. The Labute approximate surface area is 155 Å². The van der Waals surface area contributed by atoms with Gasteiger partial charge < -0.3 is 14.5 Å². The first-order valence-corrected chi connectivity index (χ1v) is 9.23. The molecule has 0 saturated carbocycles. The third-order valence-electron chi connectivity index (χ3n) is 3.14. The maximum absolute atomic E-state index is 12.1. The van der Waals surface area contributed by atoms with E-state index in [1.165, 1.54) is 11.8 Å². The van der Waals surface area contributed by atoms with Crippen molar-refractivity contribution in [2.75, 3.05) is 12.9 Å². The maximum atomic E-state index is 12.1. The molecule has 2 rings (SSSR count). The van der Waals surface area contributed by atoms with Gasteiger partial charge in [0.1, 0.15) is 11.6 Å². The van der Waals surface area contributed by atoms with Crippen LogP contribution < -0.4 is 15.0 Å². The molecule has 2 aromatic rings. The summed E-state index contributed by atoms with van der Waals surface area (Å²) >= 11 is 7.64. The Morgan fingerprint density at radius 1 is 1.44 bits per heavy atom. The number of halogens is 1. The second kappa shape index (κ2) is 8.28. The standard InChI is InChI=1S/C17H18ClN3O3S/c1-5-23-13-7-10(6-12(18)15(13)24-9(2)3)14-11(8-19)16(22)21-17(20-14)25-4/h6-7,9H,5H2,1-4H3,(H,20,21,22). The van der Waals surface area contributed by atoms with Crippen molar-refractivity contribution in [2.24, 2.45) is 0 Å². The maximum Gasteiger partial charge on any atom is 0.270 e. The number of aromatic nitrogens is 2. The van der Waals surface area contributed by atoms with E-state index >= 15 is 0 Å². The number of rotatable bonds is 6. The van der Waals surface area contributed by atoms with Crippen LogP contribution in [-0.4, -0.2) is 28.9 Å². The summed E-state index contributed by atoms with van der Waals surface area (Å²) in [7, 11) is 0. The first-order valence-electron chi connectivity index (χ1n) is 7.63. The Hall–Kier alpha value is -2.17. The van der Waals surface area contributed by atoms with E-state index in [0.717, 1.165) is 0 Å². The first kappa shape index (κ1) is 19.2. The van der Waals surface area contributed by atoms with Gasteiger partial charge in [-0.05, 0) is 39.2 Å². The van der Waals surface area contributed by atoms with Crippen LogP contribution in [0.2, 0.25) is 5.02 Å². The van der Waals surface area contributed by atoms with Gasteiger partial charge in [-0.15, -0.1) is 0 Å². The molecule has 1 aromatic carbocycles. The summed E-state index contributed by atoms with van der Waals surface area (Å²) in [5.41, 5.74) is 0.208. The molecular formula is C17H18ClN3O3S. The fraction of sp³-hybridized carbons (Fsp3) is 0.353. The number of H-pyrrole nitrogens is 1. The van der Waals surface area contributed by atoms with Crippen molar-refractivity contribution < 1.29 is 9.47 Å². The lowest BCUT2D eigenvalue weighted by molar-refractivity contribution is 0.224. The van der Waals surface area contributed by atoms with E-state index in [4.69, 9.17) is 21.1 Å². The SMILES string of the molecule is CCOc1cc(-c2nc(SC)[nH]c(=O)c2C#N)cc(Cl)c1OC(C)C. The largest absolute Gasteiger partial charge is 0.490 e. The zero-order valence-electron chi connectivity index (χ0n) is 14.3. The van der Waals surface area contributed by atoms with Crippen molar-refractivity contribution in [2.45, 2.75) is 32.0 Å². The molecule has 0 fully saturated rings. The molecule has 0 saturated heterocycles. The Morgan fingerprint density at radius 2 is 2.16 bits per heavy atom. The minimum absolute atomic E-state index is 0.0751. The summed E-state index contributed by atoms with van der Waals surface area (Å²) in [5, 5.41) is 10.1. The molecule has 0 aliphatic heterocycles. The van der Waals surface area contributed by atoms with E-state index in [1.807, 2.05) is 26.8 Å². The van der Waals surface area contributed by atoms with Gasteiger partial charge in [0.2, 0.25) is 0 Å². The Morgan fingerprint density at radius 3 is 2.72 bits per heavy atom. The number of thioether (sulfide) groups is 1. The van der Waals surface area contributed by atoms with E-state index in [9.17, 15) is 10.1 Å². The van der Waals surface area contributed by atoms with Crippen LogP contribution in [0.1, 0.15) is 26.3 Å². The fourth-order valence-corrected chi connectivity index (χ4v) is 2.81. The van der Waals surface area contributed by atoms with Crippen LogP contribution in [0.3, 0.4) is 0 Å². The van der Waals surface area contributed by atoms with Crippen LogP contribution in [0.25, 0.3) is 11.3 Å². The van der Waals surface area contributed by atoms with Gasteiger partial charge in [-0.25, -0.2) is 4.98 Å². The van der Waals surface area contributed by atoms with Gasteiger partial charge in [-0.3, -0.25) is 4.79 Å². The van der Waals surface area contributed by atoms with Crippen molar-refractivity contribution in [1.29, 1.82) is 5.26 Å². The summed E-state index contributed by atoms with van der Waals surface area (Å²) in [6, 6.07) is 5.20. The molecular weight excluding hydrogens is 362 g/mol. The molecule has 1 aromatic heterocycles. The summed E-state index contributed by atoms with van der Waals surface area (Å²) in [6.07, 6.45) is 1.70. The third kappa shape index (κ3) is 4.27. The number of ether oxygens (including phenoxy) is 2. The number of nitrogens with one attached hydrogen (secondary N) is 1. The van der Waals surface area contributed by atoms with Crippen LogP contribution in [0, 0.1) is 11.3 Å². The number of hydrogen-bond acceptors (Lipinski definition) is 6. The van der Waals surface area contributed by atoms with Crippen LogP contribution in [0.4, 0.5) is 0 Å². The molecule has 1 N–H and O–H groups in total. The van der Waals surface area contributed by atoms with Gasteiger partial charge in [0.25, 0.3) is 5.56 Å². The lowest BCUT2D eigenvalue weighted by Gasteiger charge is -2.17. The zero-order chi connectivity index (χ0) is 18.6. The normalized spacial score (nSPS) is 10.6. The Kier molecular flexibility index (Phi) is 6.34. The van der Waals surface area contributed by atoms with Gasteiger partial charge in [0.15, 0.2) is 16.7 Å². The summed E-state index contributed by atoms with van der Waals surface area (Å²) in [6.45, 7) is 6.03. The minimum atomic E-state index is -0.492. The molecule has 0 atom stereocenters. The van der Waals surface area contributed by atoms with Crippen molar-refractivity contribution in [1.82, 2.24) is 9.97 Å². The second-order valence-electron chi connectivity index (χ2n) is 5.30. The van der Waals surface area contributed by atoms with Gasteiger partial charge in [-0.1, -0.05) is 23.4 Å². The van der Waals surface area contributed by atoms with Crippen molar-refractivity contribution in [3.8, 4) is 28.8 Å². The van der Waals surface area contributed by atoms with Gasteiger partial charge in [0.05, 0.1) is 23.4 Å². The number of nitrogens with zero attached hydrogens (tertiary/aromatic N) is 2. The summed E-state index contributed by atoms with van der Waals surface area (Å²) < 4.78 is 11.4. The lowest BCUT2D eigenvalue weighted by atomic mass is 10.1. The summed E-state index contributed by atoms with van der Waals surface area (Å²) in [4.78, 5) is 19.0. The van der Waals surface area contributed by atoms with E-state index in [0.29, 0.717) is 33.8 Å². The van der Waals surface area contributed by atoms with E-state index in [-0.39, 0.29) is 17.4 Å². The number of nitriles is 1. The Bertz CT molecular complexity index is 875. The van der Waals surface area contributed by atoms with Gasteiger partial charge in [0, 0.05) is 5.56 Å². The molecule has 132 valence electrons. The van der Waals surface area contributed by atoms with Crippen LogP contribution in [0.5, 0.6) is 11.5 Å². The molecule has 0 radical (unpaired) electrons. The molecule has 1 heterocycles. The molecule has 0 aliphatic carbocycles. The van der Waals surface area contributed by atoms with E-state index < -0.39 is 5.56 Å². The first-order chi connectivity index (χ1) is 11.9. The predicted molar refractivity (Wildman–Crippen MR) is 98.7 cm³/mol. The van der Waals surface area contributed by atoms with Crippen molar-refractivity contribution in [3.63, 3.8) is 0 Å². The van der Waals surface area contributed by atoms with Crippen molar-refractivity contribution >= 4 is 23.4 Å². The predicted octanol–water partition coefficient (Wildman–Crippen LogP) is 3.87. The van der Waals surface area contributed by atoms with Crippen LogP contribution in [0.15, 0.2) is 22.1 Å². The topological polar surface area (TPSA) is 88.0 Å². The average Bonchev–Trinajstić information content (AvgIpc) is 2.56. The second-order valence-corrected chi connectivity index (χ2v) is 6.50. The van der Waals surface area contributed by atoms with Crippen molar-refractivity contribution in [3.05, 3.63) is 33.1 Å². The van der Waals surface area contributed by atoms with Crippen LogP contribution >= 0.6 is 23.4 Å². The number of aromatic amines is 1.